The summed E-state index contributed by atoms with van der Waals surface area (Å²) in [6.07, 6.45) is 5.35. The molecule has 2 heterocycles. The second kappa shape index (κ2) is 6.30. The van der Waals surface area contributed by atoms with Crippen molar-refractivity contribution < 1.29 is 0 Å². The Bertz CT molecular complexity index is 503. The fraction of sp³-hybridized carbons (Fsp3) is 0.333. The number of hydrogen-bond acceptors (Lipinski definition) is 6. The van der Waals surface area contributed by atoms with Gasteiger partial charge in [0.25, 0.3) is 0 Å². The van der Waals surface area contributed by atoms with Gasteiger partial charge in [0.15, 0.2) is 5.16 Å². The highest BCUT2D eigenvalue weighted by molar-refractivity contribution is 7.99. The molecule has 1 N–H and O–H groups in total. The van der Waals surface area contributed by atoms with Crippen LogP contribution in [-0.4, -0.2) is 27.0 Å². The van der Waals surface area contributed by atoms with Crippen molar-refractivity contribution in [3.63, 3.8) is 0 Å². The fourth-order valence-corrected chi connectivity index (χ4v) is 2.16. The van der Waals surface area contributed by atoms with Crippen molar-refractivity contribution in [3.8, 4) is 0 Å². The van der Waals surface area contributed by atoms with Crippen LogP contribution >= 0.6 is 11.8 Å². The summed E-state index contributed by atoms with van der Waals surface area (Å²) in [6, 6.07) is 3.70. The maximum Gasteiger partial charge on any atom is 0.193 e. The van der Waals surface area contributed by atoms with E-state index in [9.17, 15) is 0 Å². The average Bonchev–Trinajstić information content (AvgIpc) is 2.40. The Labute approximate surface area is 110 Å². The van der Waals surface area contributed by atoms with Gasteiger partial charge in [0.05, 0.1) is 0 Å². The number of aryl methyl sites for hydroxylation is 1. The monoisotopic (exact) mass is 261 g/mol. The zero-order chi connectivity index (χ0) is 12.8. The molecule has 2 aromatic rings. The van der Waals surface area contributed by atoms with E-state index in [0.717, 1.165) is 29.5 Å². The van der Waals surface area contributed by atoms with Crippen molar-refractivity contribution in [2.24, 2.45) is 0 Å². The maximum absolute atomic E-state index is 4.50. The standard InChI is InChI=1S/C12H15N5S/c1-3-5-9-16-10(13-2)8-11(17-9)18-12-14-6-4-7-15-12/h4,6-8H,3,5H2,1-2H3,(H,13,16,17). The molecule has 0 radical (unpaired) electrons. The summed E-state index contributed by atoms with van der Waals surface area (Å²) in [5.41, 5.74) is 0. The van der Waals surface area contributed by atoms with Gasteiger partial charge in [-0.25, -0.2) is 19.9 Å². The Hall–Kier alpha value is -1.69. The largest absolute Gasteiger partial charge is 0.373 e. The minimum Gasteiger partial charge on any atom is -0.373 e. The first-order chi connectivity index (χ1) is 8.81. The van der Waals surface area contributed by atoms with E-state index in [1.165, 1.54) is 11.8 Å². The van der Waals surface area contributed by atoms with Gasteiger partial charge in [-0.15, -0.1) is 0 Å². The Kier molecular flexibility index (Phi) is 4.46. The average molecular weight is 261 g/mol. The van der Waals surface area contributed by atoms with Crippen molar-refractivity contribution >= 4 is 17.6 Å². The van der Waals surface area contributed by atoms with Crippen LogP contribution in [-0.2, 0) is 6.42 Å². The number of anilines is 1. The highest BCUT2D eigenvalue weighted by Crippen LogP contribution is 2.24. The minimum absolute atomic E-state index is 0.695. The number of rotatable bonds is 5. The lowest BCUT2D eigenvalue weighted by molar-refractivity contribution is 0.810. The first kappa shape index (κ1) is 12.8. The van der Waals surface area contributed by atoms with Crippen LogP contribution in [0.4, 0.5) is 5.82 Å². The second-order valence-corrected chi connectivity index (χ2v) is 4.63. The van der Waals surface area contributed by atoms with E-state index in [1.54, 1.807) is 18.5 Å². The topological polar surface area (TPSA) is 63.6 Å². The van der Waals surface area contributed by atoms with Gasteiger partial charge < -0.3 is 5.32 Å². The molecule has 0 aromatic carbocycles. The normalized spacial score (nSPS) is 10.3. The van der Waals surface area contributed by atoms with Crippen LogP contribution in [0.5, 0.6) is 0 Å². The van der Waals surface area contributed by atoms with Crippen molar-refractivity contribution in [3.05, 3.63) is 30.4 Å². The first-order valence-electron chi connectivity index (χ1n) is 5.82. The first-order valence-corrected chi connectivity index (χ1v) is 6.64. The lowest BCUT2D eigenvalue weighted by atomic mass is 10.3. The van der Waals surface area contributed by atoms with Crippen molar-refractivity contribution in [1.29, 1.82) is 0 Å². The molecule has 0 spiro atoms. The van der Waals surface area contributed by atoms with Gasteiger partial charge in [0.1, 0.15) is 16.7 Å². The minimum atomic E-state index is 0.695. The summed E-state index contributed by atoms with van der Waals surface area (Å²) in [4.78, 5) is 17.3. The molecule has 0 aliphatic rings. The lowest BCUT2D eigenvalue weighted by Crippen LogP contribution is -2.01. The predicted molar refractivity (Wildman–Crippen MR) is 71.7 cm³/mol. The van der Waals surface area contributed by atoms with Crippen molar-refractivity contribution in [2.75, 3.05) is 12.4 Å². The quantitative estimate of drug-likeness (QED) is 0.658. The van der Waals surface area contributed by atoms with Gasteiger partial charge in [-0.3, -0.25) is 0 Å². The Morgan fingerprint density at radius 3 is 2.67 bits per heavy atom. The zero-order valence-electron chi connectivity index (χ0n) is 10.4. The van der Waals surface area contributed by atoms with E-state index < -0.39 is 0 Å². The van der Waals surface area contributed by atoms with Crippen LogP contribution in [0.15, 0.2) is 34.7 Å². The van der Waals surface area contributed by atoms with Crippen LogP contribution in [0.2, 0.25) is 0 Å². The molecular weight excluding hydrogens is 246 g/mol. The van der Waals surface area contributed by atoms with Crippen LogP contribution in [0, 0.1) is 0 Å². The molecular formula is C12H15N5S. The molecule has 0 bridgehead atoms. The van der Waals surface area contributed by atoms with Crippen molar-refractivity contribution in [1.82, 2.24) is 19.9 Å². The van der Waals surface area contributed by atoms with E-state index in [2.05, 4.69) is 32.2 Å². The molecule has 6 heteroatoms. The SMILES string of the molecule is CCCc1nc(NC)cc(Sc2ncccn2)n1. The molecule has 0 unspecified atom stereocenters. The van der Waals surface area contributed by atoms with E-state index in [1.807, 2.05) is 13.1 Å². The molecule has 94 valence electrons. The summed E-state index contributed by atoms with van der Waals surface area (Å²) in [7, 11) is 1.85. The van der Waals surface area contributed by atoms with E-state index in [-0.39, 0.29) is 0 Å². The van der Waals surface area contributed by atoms with Crippen molar-refractivity contribution in [2.45, 2.75) is 29.9 Å². The summed E-state index contributed by atoms with van der Waals surface area (Å²) in [6.45, 7) is 2.11. The third-order valence-corrected chi connectivity index (χ3v) is 3.03. The number of hydrogen-bond donors (Lipinski definition) is 1. The Balaban J connectivity index is 2.24. The van der Waals surface area contributed by atoms with Gasteiger partial charge in [0.2, 0.25) is 0 Å². The summed E-state index contributed by atoms with van der Waals surface area (Å²) in [5.74, 6) is 1.68. The molecule has 0 aliphatic heterocycles. The summed E-state index contributed by atoms with van der Waals surface area (Å²) < 4.78 is 0. The van der Waals surface area contributed by atoms with E-state index in [0.29, 0.717) is 5.16 Å². The molecule has 0 saturated carbocycles. The Morgan fingerprint density at radius 2 is 2.00 bits per heavy atom. The smallest absolute Gasteiger partial charge is 0.193 e. The highest BCUT2D eigenvalue weighted by Gasteiger charge is 2.06. The van der Waals surface area contributed by atoms with E-state index in [4.69, 9.17) is 0 Å². The molecule has 5 nitrogen and oxygen atoms in total. The second-order valence-electron chi connectivity index (χ2n) is 3.64. The Morgan fingerprint density at radius 1 is 1.22 bits per heavy atom. The van der Waals surface area contributed by atoms with Gasteiger partial charge >= 0.3 is 0 Å². The highest BCUT2D eigenvalue weighted by atomic mass is 32.2. The summed E-state index contributed by atoms with van der Waals surface area (Å²) >= 11 is 1.44. The molecule has 0 aliphatic carbocycles. The zero-order valence-corrected chi connectivity index (χ0v) is 11.2. The predicted octanol–water partition coefficient (Wildman–Crippen LogP) is 2.41. The van der Waals surface area contributed by atoms with Gasteiger partial charge in [-0.2, -0.15) is 0 Å². The van der Waals surface area contributed by atoms with Gasteiger partial charge in [-0.05, 0) is 24.2 Å². The molecule has 0 amide bonds. The third-order valence-electron chi connectivity index (χ3n) is 2.22. The molecule has 0 atom stereocenters. The van der Waals surface area contributed by atoms with Crippen LogP contribution in [0.1, 0.15) is 19.2 Å². The number of aromatic nitrogens is 4. The molecule has 0 saturated heterocycles. The van der Waals surface area contributed by atoms with Gasteiger partial charge in [0, 0.05) is 31.9 Å². The number of nitrogens with zero attached hydrogens (tertiary/aromatic N) is 4. The van der Waals surface area contributed by atoms with E-state index >= 15 is 0 Å². The lowest BCUT2D eigenvalue weighted by Gasteiger charge is -2.06. The molecule has 0 fully saturated rings. The summed E-state index contributed by atoms with van der Waals surface area (Å²) in [5, 5.41) is 4.61. The van der Waals surface area contributed by atoms with Crippen LogP contribution in [0.25, 0.3) is 0 Å². The molecule has 2 rings (SSSR count). The molecule has 2 aromatic heterocycles. The van der Waals surface area contributed by atoms with Crippen LogP contribution in [0.3, 0.4) is 0 Å². The van der Waals surface area contributed by atoms with Gasteiger partial charge in [-0.1, -0.05) is 6.92 Å². The number of nitrogens with one attached hydrogen (secondary N) is 1. The maximum atomic E-state index is 4.50. The third kappa shape index (κ3) is 3.40. The fourth-order valence-electron chi connectivity index (χ4n) is 1.42. The molecule has 18 heavy (non-hydrogen) atoms. The van der Waals surface area contributed by atoms with Crippen LogP contribution < -0.4 is 5.32 Å².